The lowest BCUT2D eigenvalue weighted by Gasteiger charge is -2.23. The molecule has 176 valence electrons. The Bertz CT molecular complexity index is 1190. The fourth-order valence-electron chi connectivity index (χ4n) is 4.50. The van der Waals surface area contributed by atoms with Gasteiger partial charge in [-0.3, -0.25) is 4.79 Å². The van der Waals surface area contributed by atoms with E-state index in [9.17, 15) is 13.7 Å². The molecule has 0 radical (unpaired) electrons. The number of fused-ring (bicyclic) bond motifs is 1. The van der Waals surface area contributed by atoms with Crippen molar-refractivity contribution in [2.75, 3.05) is 22.7 Å². The molecule has 2 heterocycles. The first kappa shape index (κ1) is 22.8. The lowest BCUT2D eigenvalue weighted by Crippen LogP contribution is -2.41. The van der Waals surface area contributed by atoms with Crippen LogP contribution in [0.4, 0.5) is 15.2 Å². The molecule has 5 rings (SSSR count). The first-order valence-electron chi connectivity index (χ1n) is 11.1. The Morgan fingerprint density at radius 1 is 1.29 bits per heavy atom. The number of rotatable bonds is 7. The average Bonchev–Trinajstić information content (AvgIpc) is 3.60. The molecule has 1 aromatic heterocycles. The van der Waals surface area contributed by atoms with Crippen molar-refractivity contribution >= 4 is 45.7 Å². The normalized spacial score (nSPS) is 20.7. The van der Waals surface area contributed by atoms with Crippen molar-refractivity contribution in [2.45, 2.75) is 30.2 Å². The number of hydrogen-bond acceptors (Lipinski definition) is 7. The molecule has 1 aliphatic carbocycles. The van der Waals surface area contributed by atoms with Gasteiger partial charge in [0.25, 0.3) is 0 Å². The summed E-state index contributed by atoms with van der Waals surface area (Å²) in [5.74, 6) is -0.679. The van der Waals surface area contributed by atoms with Crippen LogP contribution in [-0.2, 0) is 16.2 Å². The van der Waals surface area contributed by atoms with Crippen molar-refractivity contribution in [3.63, 3.8) is 0 Å². The van der Waals surface area contributed by atoms with Crippen molar-refractivity contribution in [3.8, 4) is 0 Å². The predicted octanol–water partition coefficient (Wildman–Crippen LogP) is 3.95. The molecule has 4 atom stereocenters. The molecule has 0 bridgehead atoms. The van der Waals surface area contributed by atoms with Gasteiger partial charge < -0.3 is 14.8 Å². The Morgan fingerprint density at radius 3 is 2.88 bits per heavy atom. The van der Waals surface area contributed by atoms with Crippen LogP contribution >= 0.6 is 11.5 Å². The summed E-state index contributed by atoms with van der Waals surface area (Å²) in [6.07, 6.45) is 5.96. The highest BCUT2D eigenvalue weighted by atomic mass is 32.2. The summed E-state index contributed by atoms with van der Waals surface area (Å²) in [6, 6.07) is 12.6. The SMILES string of the molecule is C[C@H](C(=O)N[C@@H]1CCN(c2ccc([S+]([O-])Nc3ncns3)cc2)C1)C1C=Cc2c(F)cccc21. The Hall–Kier alpha value is -2.95. The predicted molar refractivity (Wildman–Crippen MR) is 132 cm³/mol. The van der Waals surface area contributed by atoms with Gasteiger partial charge in [-0.15, -0.1) is 0 Å². The fourth-order valence-corrected chi connectivity index (χ4v) is 5.88. The third kappa shape index (κ3) is 4.66. The minimum atomic E-state index is -1.41. The number of aromatic nitrogens is 2. The van der Waals surface area contributed by atoms with Crippen LogP contribution < -0.4 is 14.9 Å². The number of anilines is 2. The molecule has 1 amide bonds. The molecular formula is C24H24FN5O2S2. The molecule has 1 saturated heterocycles. The molecule has 7 nitrogen and oxygen atoms in total. The number of halogens is 1. The smallest absolute Gasteiger partial charge is 0.245 e. The van der Waals surface area contributed by atoms with Gasteiger partial charge in [-0.25, -0.2) is 9.37 Å². The van der Waals surface area contributed by atoms with Gasteiger partial charge in [-0.05, 0) is 42.3 Å². The minimum Gasteiger partial charge on any atom is -0.588 e. The Labute approximate surface area is 204 Å². The minimum absolute atomic E-state index is 0.0212. The van der Waals surface area contributed by atoms with E-state index in [0.717, 1.165) is 35.7 Å². The zero-order valence-corrected chi connectivity index (χ0v) is 20.1. The number of nitrogens with zero attached hydrogens (tertiary/aromatic N) is 3. The monoisotopic (exact) mass is 497 g/mol. The lowest BCUT2D eigenvalue weighted by atomic mass is 9.88. The van der Waals surface area contributed by atoms with Crippen molar-refractivity contribution in [1.82, 2.24) is 14.7 Å². The molecule has 1 fully saturated rings. The van der Waals surface area contributed by atoms with E-state index in [1.165, 1.54) is 12.4 Å². The molecule has 3 aromatic rings. The second-order valence-corrected chi connectivity index (χ2v) is 10.5. The number of nitrogens with one attached hydrogen (secondary N) is 2. The molecule has 2 aliphatic rings. The zero-order valence-electron chi connectivity index (χ0n) is 18.5. The summed E-state index contributed by atoms with van der Waals surface area (Å²) in [4.78, 5) is 19.8. The second-order valence-electron chi connectivity index (χ2n) is 8.47. The molecular weight excluding hydrogens is 473 g/mol. The van der Waals surface area contributed by atoms with E-state index >= 15 is 0 Å². The number of carbonyl (C=O) groups is 1. The summed E-state index contributed by atoms with van der Waals surface area (Å²) < 4.78 is 33.2. The summed E-state index contributed by atoms with van der Waals surface area (Å²) in [5, 5.41) is 3.69. The highest BCUT2D eigenvalue weighted by molar-refractivity contribution is 7.92. The molecule has 34 heavy (non-hydrogen) atoms. The van der Waals surface area contributed by atoms with E-state index in [-0.39, 0.29) is 29.6 Å². The summed E-state index contributed by atoms with van der Waals surface area (Å²) in [7, 11) is 0. The maximum Gasteiger partial charge on any atom is 0.245 e. The van der Waals surface area contributed by atoms with Gasteiger partial charge in [-0.2, -0.15) is 9.10 Å². The van der Waals surface area contributed by atoms with Crippen LogP contribution in [0.5, 0.6) is 0 Å². The van der Waals surface area contributed by atoms with Crippen LogP contribution in [0.3, 0.4) is 0 Å². The maximum atomic E-state index is 14.0. The Balaban J connectivity index is 1.16. The number of carbonyl (C=O) groups excluding carboxylic acids is 1. The number of benzene rings is 2. The number of amides is 1. The average molecular weight is 498 g/mol. The van der Waals surface area contributed by atoms with E-state index in [1.807, 2.05) is 43.3 Å². The second kappa shape index (κ2) is 9.73. The van der Waals surface area contributed by atoms with Crippen molar-refractivity contribution < 1.29 is 13.7 Å². The largest absolute Gasteiger partial charge is 0.588 e. The molecule has 0 spiro atoms. The molecule has 2 unspecified atom stereocenters. The van der Waals surface area contributed by atoms with Crippen molar-refractivity contribution in [1.29, 1.82) is 0 Å². The first-order chi connectivity index (χ1) is 16.5. The molecule has 10 heteroatoms. The lowest BCUT2D eigenvalue weighted by molar-refractivity contribution is -0.125. The highest BCUT2D eigenvalue weighted by Crippen LogP contribution is 2.37. The topological polar surface area (TPSA) is 93.2 Å². The summed E-state index contributed by atoms with van der Waals surface area (Å²) >= 11 is -0.255. The van der Waals surface area contributed by atoms with E-state index in [0.29, 0.717) is 22.1 Å². The van der Waals surface area contributed by atoms with Crippen LogP contribution in [0.15, 0.2) is 59.8 Å². The fraction of sp³-hybridized carbons (Fsp3) is 0.292. The van der Waals surface area contributed by atoms with E-state index in [1.54, 1.807) is 12.1 Å². The Kier molecular flexibility index (Phi) is 6.53. The zero-order chi connectivity index (χ0) is 23.7. The molecule has 2 N–H and O–H groups in total. The third-order valence-corrected chi connectivity index (χ3v) is 8.15. The van der Waals surface area contributed by atoms with Gasteiger partial charge in [-0.1, -0.05) is 31.2 Å². The van der Waals surface area contributed by atoms with E-state index in [4.69, 9.17) is 0 Å². The highest BCUT2D eigenvalue weighted by Gasteiger charge is 2.32. The van der Waals surface area contributed by atoms with Gasteiger partial charge in [0.05, 0.1) is 0 Å². The van der Waals surface area contributed by atoms with Gasteiger partial charge >= 0.3 is 0 Å². The summed E-state index contributed by atoms with van der Waals surface area (Å²) in [5.41, 5.74) is 2.47. The summed E-state index contributed by atoms with van der Waals surface area (Å²) in [6.45, 7) is 3.42. The number of hydrogen-bond donors (Lipinski definition) is 2. The van der Waals surface area contributed by atoms with Crippen LogP contribution in [-0.4, -0.2) is 38.9 Å². The third-order valence-electron chi connectivity index (χ3n) is 6.36. The maximum absolute atomic E-state index is 14.0. The molecule has 1 aliphatic heterocycles. The number of allylic oxidation sites excluding steroid dienone is 1. The van der Waals surface area contributed by atoms with Crippen LogP contribution in [0.1, 0.15) is 30.4 Å². The standard InChI is InChI=1S/C24H24FN5O2S2/c1-15(19-9-10-21-20(19)3-2-4-22(21)25)23(31)28-16-11-12-30(13-16)17-5-7-18(8-6-17)34(32)29-24-26-14-27-33-24/h2-10,14-16,19H,11-13H2,1H3,(H,28,31)(H,26,27,29)/t15-,16+,19?,34?/m0/s1. The molecule has 0 saturated carbocycles. The molecule has 2 aromatic carbocycles. The van der Waals surface area contributed by atoms with Crippen LogP contribution in [0.25, 0.3) is 6.08 Å². The van der Waals surface area contributed by atoms with Crippen LogP contribution in [0.2, 0.25) is 0 Å². The van der Waals surface area contributed by atoms with Gasteiger partial charge in [0.2, 0.25) is 11.0 Å². The van der Waals surface area contributed by atoms with Gasteiger partial charge in [0.15, 0.2) is 4.90 Å². The Morgan fingerprint density at radius 2 is 2.12 bits per heavy atom. The van der Waals surface area contributed by atoms with E-state index < -0.39 is 11.4 Å². The quantitative estimate of drug-likeness (QED) is 0.480. The van der Waals surface area contributed by atoms with E-state index in [2.05, 4.69) is 24.3 Å². The van der Waals surface area contributed by atoms with Crippen molar-refractivity contribution in [3.05, 3.63) is 71.8 Å². The van der Waals surface area contributed by atoms with Gasteiger partial charge in [0, 0.05) is 53.8 Å². The van der Waals surface area contributed by atoms with Gasteiger partial charge in [0.1, 0.15) is 23.5 Å². The van der Waals surface area contributed by atoms with Crippen LogP contribution in [0, 0.1) is 11.7 Å². The first-order valence-corrected chi connectivity index (χ1v) is 13.0. The van der Waals surface area contributed by atoms with Crippen molar-refractivity contribution in [2.24, 2.45) is 5.92 Å².